The van der Waals surface area contributed by atoms with Crippen LogP contribution >= 0.6 is 12.4 Å². The van der Waals surface area contributed by atoms with Crippen LogP contribution in [0.1, 0.15) is 47.9 Å². The number of hydrogen-bond acceptors (Lipinski definition) is 4. The van der Waals surface area contributed by atoms with Gasteiger partial charge >= 0.3 is 0 Å². The number of benzene rings is 3. The fraction of sp³-hybridized carbons (Fsp3) is 0.290. The summed E-state index contributed by atoms with van der Waals surface area (Å²) < 4.78 is 27.6. The molecule has 0 saturated heterocycles. The zero-order chi connectivity index (χ0) is 25.8. The van der Waals surface area contributed by atoms with E-state index in [0.29, 0.717) is 12.4 Å². The number of nitrogens with zero attached hydrogens (tertiary/aromatic N) is 3. The summed E-state index contributed by atoms with van der Waals surface area (Å²) in [5, 5.41) is 3.34. The molecule has 4 nitrogen and oxygen atoms in total. The molecule has 0 fully saturated rings. The standard InChI is InChI=1S/C31H32F2N4.ClH/c1-3-4-16-37(2)17-15-21-9-12-24(13-10-21)35-31-34-20-23-18-27(22-11-14-28(32)29(33)19-22)25-7-5-6-8-26(25)30(23)36-31;/h5-14,19-20,27H,3-4,15-18H2,1-2H3,(H,34,35,36);1H/t27-;/m0./s1. The fourth-order valence-electron chi connectivity index (χ4n) is 4.97. The van der Waals surface area contributed by atoms with Gasteiger partial charge in [0.25, 0.3) is 0 Å². The highest BCUT2D eigenvalue weighted by Gasteiger charge is 2.28. The van der Waals surface area contributed by atoms with Gasteiger partial charge in [-0.05, 0) is 79.4 Å². The van der Waals surface area contributed by atoms with E-state index in [0.717, 1.165) is 53.1 Å². The molecule has 0 unspecified atom stereocenters. The Balaban J connectivity index is 0.00000336. The lowest BCUT2D eigenvalue weighted by Gasteiger charge is -2.27. The molecule has 0 aliphatic heterocycles. The van der Waals surface area contributed by atoms with E-state index in [-0.39, 0.29) is 18.3 Å². The fourth-order valence-corrected chi connectivity index (χ4v) is 4.97. The Morgan fingerprint density at radius 3 is 2.53 bits per heavy atom. The molecule has 0 radical (unpaired) electrons. The van der Waals surface area contributed by atoms with E-state index in [1.807, 2.05) is 30.5 Å². The molecule has 1 aliphatic carbocycles. The average Bonchev–Trinajstić information content (AvgIpc) is 2.92. The minimum absolute atomic E-state index is 0. The van der Waals surface area contributed by atoms with E-state index in [1.165, 1.54) is 30.5 Å². The van der Waals surface area contributed by atoms with Crippen LogP contribution < -0.4 is 5.32 Å². The van der Waals surface area contributed by atoms with Gasteiger partial charge in [0.15, 0.2) is 11.6 Å². The average molecular weight is 535 g/mol. The molecule has 1 N–H and O–H groups in total. The summed E-state index contributed by atoms with van der Waals surface area (Å²) in [7, 11) is 2.18. The largest absolute Gasteiger partial charge is 0.324 e. The van der Waals surface area contributed by atoms with Crippen molar-refractivity contribution in [2.45, 2.75) is 38.5 Å². The predicted molar refractivity (Wildman–Crippen MR) is 152 cm³/mol. The van der Waals surface area contributed by atoms with Crippen LogP contribution in [0.3, 0.4) is 0 Å². The second-order valence-corrected chi connectivity index (χ2v) is 9.81. The Morgan fingerprint density at radius 1 is 0.974 bits per heavy atom. The highest BCUT2D eigenvalue weighted by Crippen LogP contribution is 2.42. The summed E-state index contributed by atoms with van der Waals surface area (Å²) >= 11 is 0. The Kier molecular flexibility index (Phi) is 9.08. The molecule has 4 aromatic rings. The minimum Gasteiger partial charge on any atom is -0.324 e. The molecule has 38 heavy (non-hydrogen) atoms. The molecule has 3 aromatic carbocycles. The van der Waals surface area contributed by atoms with Crippen LogP contribution in [0, 0.1) is 11.6 Å². The van der Waals surface area contributed by atoms with Crippen LogP contribution in [0.2, 0.25) is 0 Å². The summed E-state index contributed by atoms with van der Waals surface area (Å²) in [4.78, 5) is 11.8. The number of aromatic nitrogens is 2. The molecule has 7 heteroatoms. The van der Waals surface area contributed by atoms with Crippen LogP contribution in [0.25, 0.3) is 11.3 Å². The van der Waals surface area contributed by atoms with E-state index in [9.17, 15) is 8.78 Å². The first kappa shape index (κ1) is 27.7. The molecule has 0 amide bonds. The van der Waals surface area contributed by atoms with Crippen molar-refractivity contribution in [1.82, 2.24) is 14.9 Å². The van der Waals surface area contributed by atoms with Gasteiger partial charge in [-0.2, -0.15) is 0 Å². The van der Waals surface area contributed by atoms with Gasteiger partial charge in [-0.3, -0.25) is 0 Å². The number of nitrogens with one attached hydrogen (secondary N) is 1. The first-order valence-corrected chi connectivity index (χ1v) is 13.0. The smallest absolute Gasteiger partial charge is 0.227 e. The third-order valence-electron chi connectivity index (χ3n) is 7.11. The zero-order valence-electron chi connectivity index (χ0n) is 21.8. The third-order valence-corrected chi connectivity index (χ3v) is 7.11. The summed E-state index contributed by atoms with van der Waals surface area (Å²) in [6.45, 7) is 4.40. The molecule has 0 saturated carbocycles. The van der Waals surface area contributed by atoms with E-state index >= 15 is 0 Å². The van der Waals surface area contributed by atoms with Gasteiger partial charge in [-0.1, -0.05) is 55.8 Å². The normalized spacial score (nSPS) is 14.0. The molecule has 198 valence electrons. The topological polar surface area (TPSA) is 41.0 Å². The molecular weight excluding hydrogens is 502 g/mol. The minimum atomic E-state index is -0.834. The van der Waals surface area contributed by atoms with Crippen molar-refractivity contribution >= 4 is 24.0 Å². The number of fused-ring (bicyclic) bond motifs is 3. The van der Waals surface area contributed by atoms with Crippen molar-refractivity contribution in [3.8, 4) is 11.3 Å². The Morgan fingerprint density at radius 2 is 1.76 bits per heavy atom. The SMILES string of the molecule is CCCCN(C)CCc1ccc(Nc2ncc3c(n2)-c2ccccc2[C@H](c2ccc(F)c(F)c2)C3)cc1.Cl. The second kappa shape index (κ2) is 12.5. The van der Waals surface area contributed by atoms with Crippen LogP contribution in [0.5, 0.6) is 0 Å². The van der Waals surface area contributed by atoms with Crippen molar-refractivity contribution in [2.75, 3.05) is 25.5 Å². The molecule has 0 spiro atoms. The van der Waals surface area contributed by atoms with Crippen LogP contribution in [0.15, 0.2) is 72.9 Å². The van der Waals surface area contributed by atoms with Crippen molar-refractivity contribution in [3.05, 3.63) is 107 Å². The second-order valence-electron chi connectivity index (χ2n) is 9.81. The molecule has 0 bridgehead atoms. The first-order chi connectivity index (χ1) is 18.0. The highest BCUT2D eigenvalue weighted by atomic mass is 35.5. The van der Waals surface area contributed by atoms with Crippen LogP contribution in [-0.4, -0.2) is 35.0 Å². The van der Waals surface area contributed by atoms with Crippen LogP contribution in [0.4, 0.5) is 20.4 Å². The number of unbranched alkanes of at least 4 members (excludes halogenated alkanes) is 1. The maximum atomic E-state index is 14.0. The quantitative estimate of drug-likeness (QED) is 0.241. The lowest BCUT2D eigenvalue weighted by Crippen LogP contribution is -2.22. The Bertz CT molecular complexity index is 1380. The number of hydrogen-bond donors (Lipinski definition) is 1. The highest BCUT2D eigenvalue weighted by molar-refractivity contribution is 5.85. The molecular formula is C31H33ClF2N4. The summed E-state index contributed by atoms with van der Waals surface area (Å²) in [6, 6.07) is 20.6. The molecule has 1 heterocycles. The lowest BCUT2D eigenvalue weighted by molar-refractivity contribution is 0.332. The number of halogens is 3. The van der Waals surface area contributed by atoms with Crippen molar-refractivity contribution < 1.29 is 8.78 Å². The van der Waals surface area contributed by atoms with E-state index in [4.69, 9.17) is 4.98 Å². The number of anilines is 2. The summed E-state index contributed by atoms with van der Waals surface area (Å²) in [5.41, 5.74) is 6.89. The van der Waals surface area contributed by atoms with Gasteiger partial charge < -0.3 is 10.2 Å². The first-order valence-electron chi connectivity index (χ1n) is 13.0. The number of likely N-dealkylation sites (N-methyl/N-ethyl adjacent to an activating group) is 1. The predicted octanol–water partition coefficient (Wildman–Crippen LogP) is 7.55. The van der Waals surface area contributed by atoms with Gasteiger partial charge in [0.2, 0.25) is 5.95 Å². The van der Waals surface area contributed by atoms with Gasteiger partial charge in [0.05, 0.1) is 5.69 Å². The molecule has 1 atom stereocenters. The van der Waals surface area contributed by atoms with Crippen molar-refractivity contribution in [3.63, 3.8) is 0 Å². The molecule has 1 aliphatic rings. The van der Waals surface area contributed by atoms with Gasteiger partial charge in [-0.25, -0.2) is 18.7 Å². The van der Waals surface area contributed by atoms with Crippen LogP contribution in [-0.2, 0) is 12.8 Å². The van der Waals surface area contributed by atoms with Gasteiger partial charge in [-0.15, -0.1) is 12.4 Å². The Labute approximate surface area is 229 Å². The van der Waals surface area contributed by atoms with Gasteiger partial charge in [0, 0.05) is 29.9 Å². The van der Waals surface area contributed by atoms with E-state index in [2.05, 4.69) is 53.4 Å². The third kappa shape index (κ3) is 6.20. The summed E-state index contributed by atoms with van der Waals surface area (Å²) in [5.74, 6) is -1.22. The van der Waals surface area contributed by atoms with E-state index in [1.54, 1.807) is 6.07 Å². The maximum absolute atomic E-state index is 14.0. The monoisotopic (exact) mass is 534 g/mol. The Hall–Kier alpha value is -3.35. The number of rotatable bonds is 9. The van der Waals surface area contributed by atoms with E-state index < -0.39 is 11.6 Å². The molecule has 1 aromatic heterocycles. The van der Waals surface area contributed by atoms with Crippen molar-refractivity contribution in [2.24, 2.45) is 0 Å². The van der Waals surface area contributed by atoms with Crippen molar-refractivity contribution in [1.29, 1.82) is 0 Å². The zero-order valence-corrected chi connectivity index (χ0v) is 22.6. The maximum Gasteiger partial charge on any atom is 0.227 e. The molecule has 5 rings (SSSR count). The van der Waals surface area contributed by atoms with Gasteiger partial charge in [0.1, 0.15) is 0 Å². The summed E-state index contributed by atoms with van der Waals surface area (Å²) in [6.07, 6.45) is 5.94. The lowest BCUT2D eigenvalue weighted by atomic mass is 9.78.